The number of nitrogens with zero attached hydrogens (tertiary/aromatic N) is 1. The molecule has 1 aliphatic carbocycles. The van der Waals surface area contributed by atoms with Gasteiger partial charge in [-0.3, -0.25) is 4.79 Å². The zero-order valence-electron chi connectivity index (χ0n) is 11.6. The Morgan fingerprint density at radius 2 is 2.10 bits per heavy atom. The first-order chi connectivity index (χ1) is 10.1. The number of nitrogens with one attached hydrogen (secondary N) is 1. The topological polar surface area (TPSA) is 66.0 Å². The van der Waals surface area contributed by atoms with Crippen molar-refractivity contribution in [3.05, 3.63) is 56.6 Å². The number of benzene rings is 1. The molecular weight excluding hydrogens is 288 g/mol. The Morgan fingerprint density at radius 1 is 1.33 bits per heavy atom. The van der Waals surface area contributed by atoms with Gasteiger partial charge in [0.15, 0.2) is 0 Å². The fourth-order valence-electron chi connectivity index (χ4n) is 3.02. The van der Waals surface area contributed by atoms with Gasteiger partial charge in [-0.25, -0.2) is 0 Å². The van der Waals surface area contributed by atoms with Crippen molar-refractivity contribution in [1.82, 2.24) is 9.97 Å². The molecule has 1 saturated carbocycles. The van der Waals surface area contributed by atoms with Crippen molar-refractivity contribution in [3.8, 4) is 5.88 Å². The van der Waals surface area contributed by atoms with E-state index >= 15 is 0 Å². The highest BCUT2D eigenvalue weighted by Crippen LogP contribution is 2.35. The normalized spacial score (nSPS) is 15.5. The highest BCUT2D eigenvalue weighted by atomic mass is 35.5. The molecule has 4 nitrogen and oxygen atoms in total. The molecule has 0 aliphatic heterocycles. The number of hydrogen-bond acceptors (Lipinski definition) is 3. The third-order valence-corrected chi connectivity index (χ3v) is 4.24. The first kappa shape index (κ1) is 14.1. The summed E-state index contributed by atoms with van der Waals surface area (Å²) in [6.07, 6.45) is 4.55. The average molecular weight is 305 g/mol. The van der Waals surface area contributed by atoms with E-state index in [1.165, 1.54) is 0 Å². The molecule has 0 radical (unpaired) electrons. The van der Waals surface area contributed by atoms with E-state index in [2.05, 4.69) is 9.97 Å². The van der Waals surface area contributed by atoms with E-state index in [1.54, 1.807) is 6.07 Å². The zero-order chi connectivity index (χ0) is 14.8. The highest BCUT2D eigenvalue weighted by molar-refractivity contribution is 6.30. The molecule has 1 aromatic carbocycles. The summed E-state index contributed by atoms with van der Waals surface area (Å²) >= 11 is 5.94. The van der Waals surface area contributed by atoms with Crippen molar-refractivity contribution in [2.45, 2.75) is 38.0 Å². The summed E-state index contributed by atoms with van der Waals surface area (Å²) in [5, 5.41) is 10.7. The minimum atomic E-state index is -0.216. The van der Waals surface area contributed by atoms with Gasteiger partial charge in [0.1, 0.15) is 5.82 Å². The van der Waals surface area contributed by atoms with E-state index in [0.29, 0.717) is 22.8 Å². The third-order valence-electron chi connectivity index (χ3n) is 4.01. The predicted molar refractivity (Wildman–Crippen MR) is 82.0 cm³/mol. The fraction of sp³-hybridized carbons (Fsp3) is 0.375. The second kappa shape index (κ2) is 5.90. The predicted octanol–water partition coefficient (Wildman–Crippen LogP) is 3.38. The molecule has 0 amide bonds. The van der Waals surface area contributed by atoms with Gasteiger partial charge in [-0.05, 0) is 36.5 Å². The molecule has 1 fully saturated rings. The Labute approximate surface area is 127 Å². The molecule has 0 saturated heterocycles. The third kappa shape index (κ3) is 3.10. The number of hydrogen-bond donors (Lipinski definition) is 2. The molecule has 2 aromatic rings. The Hall–Kier alpha value is -1.81. The lowest BCUT2D eigenvalue weighted by Crippen LogP contribution is -2.19. The van der Waals surface area contributed by atoms with Crippen LogP contribution in [0.2, 0.25) is 5.02 Å². The Balaban J connectivity index is 1.89. The van der Waals surface area contributed by atoms with Crippen LogP contribution in [-0.2, 0) is 6.42 Å². The van der Waals surface area contributed by atoms with Crippen molar-refractivity contribution >= 4 is 11.6 Å². The molecule has 3 rings (SSSR count). The first-order valence-corrected chi connectivity index (χ1v) is 7.58. The van der Waals surface area contributed by atoms with Crippen molar-refractivity contribution in [1.29, 1.82) is 0 Å². The number of rotatable bonds is 3. The van der Waals surface area contributed by atoms with E-state index in [1.807, 2.05) is 18.2 Å². The largest absolute Gasteiger partial charge is 0.493 e. The van der Waals surface area contributed by atoms with Crippen molar-refractivity contribution in [2.75, 3.05) is 0 Å². The number of aromatic nitrogens is 2. The van der Waals surface area contributed by atoms with Gasteiger partial charge in [-0.1, -0.05) is 36.6 Å². The van der Waals surface area contributed by atoms with Gasteiger partial charge in [0, 0.05) is 11.4 Å². The average Bonchev–Trinajstić information content (AvgIpc) is 2.91. The van der Waals surface area contributed by atoms with E-state index in [-0.39, 0.29) is 17.4 Å². The molecule has 1 aromatic heterocycles. The quantitative estimate of drug-likeness (QED) is 0.913. The Morgan fingerprint density at radius 3 is 2.76 bits per heavy atom. The lowest BCUT2D eigenvalue weighted by Gasteiger charge is -2.11. The second-order valence-corrected chi connectivity index (χ2v) is 5.97. The van der Waals surface area contributed by atoms with Crippen LogP contribution in [0.4, 0.5) is 0 Å². The lowest BCUT2D eigenvalue weighted by atomic mass is 10.00. The van der Waals surface area contributed by atoms with E-state index in [9.17, 15) is 9.90 Å². The van der Waals surface area contributed by atoms with Crippen LogP contribution in [0.1, 0.15) is 48.6 Å². The lowest BCUT2D eigenvalue weighted by molar-refractivity contribution is 0.432. The smallest absolute Gasteiger partial charge is 0.258 e. The van der Waals surface area contributed by atoms with Crippen LogP contribution < -0.4 is 5.56 Å². The monoisotopic (exact) mass is 304 g/mol. The molecule has 110 valence electrons. The van der Waals surface area contributed by atoms with Crippen molar-refractivity contribution in [3.63, 3.8) is 0 Å². The van der Waals surface area contributed by atoms with Gasteiger partial charge in [-0.15, -0.1) is 0 Å². The summed E-state index contributed by atoms with van der Waals surface area (Å²) in [6.45, 7) is 0. The van der Waals surface area contributed by atoms with Crippen LogP contribution in [0.15, 0.2) is 29.1 Å². The summed E-state index contributed by atoms with van der Waals surface area (Å²) in [7, 11) is 0. The molecule has 5 heteroatoms. The maximum absolute atomic E-state index is 12.2. The summed E-state index contributed by atoms with van der Waals surface area (Å²) < 4.78 is 0. The van der Waals surface area contributed by atoms with Gasteiger partial charge >= 0.3 is 0 Å². The van der Waals surface area contributed by atoms with Gasteiger partial charge in [0.2, 0.25) is 5.88 Å². The Kier molecular flexibility index (Phi) is 3.97. The van der Waals surface area contributed by atoms with Gasteiger partial charge in [0.25, 0.3) is 5.56 Å². The van der Waals surface area contributed by atoms with Crippen molar-refractivity contribution in [2.24, 2.45) is 0 Å². The Bertz CT molecular complexity index is 706. The SMILES string of the molecule is O=c1[nH]c(Cc2cccc(Cl)c2)nc(O)c1C1CCCC1. The standard InChI is InChI=1S/C16H17ClN2O2/c17-12-7-3-4-10(8-12)9-13-18-15(20)14(16(21)19-13)11-5-1-2-6-11/h3-4,7-8,11H,1-2,5-6,9H2,(H2,18,19,20,21). The van der Waals surface area contributed by atoms with Crippen molar-refractivity contribution < 1.29 is 5.11 Å². The minimum Gasteiger partial charge on any atom is -0.493 e. The summed E-state index contributed by atoms with van der Waals surface area (Å²) in [4.78, 5) is 19.2. The fourth-order valence-corrected chi connectivity index (χ4v) is 3.24. The zero-order valence-corrected chi connectivity index (χ0v) is 12.4. The van der Waals surface area contributed by atoms with Gasteiger partial charge in [0.05, 0.1) is 5.56 Å². The van der Waals surface area contributed by atoms with Crippen LogP contribution in [0.25, 0.3) is 0 Å². The number of halogens is 1. The molecule has 1 heterocycles. The molecule has 1 aliphatic rings. The van der Waals surface area contributed by atoms with E-state index in [4.69, 9.17) is 11.6 Å². The highest BCUT2D eigenvalue weighted by Gasteiger charge is 2.24. The van der Waals surface area contributed by atoms with E-state index in [0.717, 1.165) is 31.2 Å². The molecular formula is C16H17ClN2O2. The molecule has 0 spiro atoms. The summed E-state index contributed by atoms with van der Waals surface area (Å²) in [5.41, 5.74) is 1.17. The minimum absolute atomic E-state index is 0.123. The number of aromatic amines is 1. The molecule has 0 bridgehead atoms. The molecule has 21 heavy (non-hydrogen) atoms. The summed E-state index contributed by atoms with van der Waals surface area (Å²) in [6, 6.07) is 7.38. The van der Waals surface area contributed by atoms with Crippen LogP contribution in [0.3, 0.4) is 0 Å². The van der Waals surface area contributed by atoms with Crippen LogP contribution in [0, 0.1) is 0 Å². The molecule has 0 atom stereocenters. The van der Waals surface area contributed by atoms with E-state index < -0.39 is 0 Å². The van der Waals surface area contributed by atoms with Crippen LogP contribution in [-0.4, -0.2) is 15.1 Å². The molecule has 2 N–H and O–H groups in total. The second-order valence-electron chi connectivity index (χ2n) is 5.54. The maximum Gasteiger partial charge on any atom is 0.258 e. The van der Waals surface area contributed by atoms with Crippen LogP contribution >= 0.6 is 11.6 Å². The maximum atomic E-state index is 12.2. The summed E-state index contributed by atoms with van der Waals surface area (Å²) in [5.74, 6) is 0.477. The van der Waals surface area contributed by atoms with Crippen LogP contribution in [0.5, 0.6) is 5.88 Å². The first-order valence-electron chi connectivity index (χ1n) is 7.20. The molecule has 0 unspecified atom stereocenters. The number of H-pyrrole nitrogens is 1. The van der Waals surface area contributed by atoms with Gasteiger partial charge in [-0.2, -0.15) is 4.98 Å². The number of aromatic hydroxyl groups is 1. The van der Waals surface area contributed by atoms with Gasteiger partial charge < -0.3 is 10.1 Å².